The van der Waals surface area contributed by atoms with Crippen LogP contribution >= 0.6 is 0 Å². The van der Waals surface area contributed by atoms with Crippen molar-refractivity contribution in [1.82, 2.24) is 0 Å². The molecule has 0 bridgehead atoms. The van der Waals surface area contributed by atoms with Crippen LogP contribution < -0.4 is 5.73 Å². The molecule has 1 nitrogen and oxygen atoms in total. The molecule has 0 saturated heterocycles. The lowest BCUT2D eigenvalue weighted by Gasteiger charge is -2.03. The van der Waals surface area contributed by atoms with Crippen LogP contribution in [0.3, 0.4) is 0 Å². The van der Waals surface area contributed by atoms with Gasteiger partial charge in [-0.1, -0.05) is 42.0 Å². The molecule has 1 heteroatoms. The second-order valence-electron chi connectivity index (χ2n) is 3.91. The molecule has 76 valence electrons. The van der Waals surface area contributed by atoms with E-state index in [1.165, 1.54) is 16.7 Å². The van der Waals surface area contributed by atoms with Gasteiger partial charge in [0, 0.05) is 5.69 Å². The average Bonchev–Trinajstić information content (AvgIpc) is 2.22. The second-order valence-corrected chi connectivity index (χ2v) is 3.91. The summed E-state index contributed by atoms with van der Waals surface area (Å²) in [6.07, 6.45) is 0.974. The maximum atomic E-state index is 5.64. The Morgan fingerprint density at radius 2 is 1.67 bits per heavy atom. The highest BCUT2D eigenvalue weighted by atomic mass is 14.5. The molecule has 0 spiro atoms. The smallest absolute Gasteiger partial charge is 0.0314 e. The van der Waals surface area contributed by atoms with Gasteiger partial charge in [0.2, 0.25) is 0 Å². The van der Waals surface area contributed by atoms with Crippen molar-refractivity contribution >= 4 is 5.69 Å². The summed E-state index contributed by atoms with van der Waals surface area (Å²) in [5.74, 6) is 0. The third-order valence-electron chi connectivity index (χ3n) is 2.47. The zero-order valence-electron chi connectivity index (χ0n) is 8.90. The van der Waals surface area contributed by atoms with Crippen molar-refractivity contribution in [3.8, 4) is 0 Å². The molecule has 0 fully saturated rings. The molecule has 0 aliphatic heterocycles. The van der Waals surface area contributed by atoms with E-state index in [0.717, 1.165) is 12.1 Å². The highest BCUT2D eigenvalue weighted by Crippen LogP contribution is 2.12. The Bertz CT molecular complexity index is 443. The van der Waals surface area contributed by atoms with Gasteiger partial charge in [0.05, 0.1) is 0 Å². The van der Waals surface area contributed by atoms with Crippen molar-refractivity contribution in [3.63, 3.8) is 0 Å². The molecule has 2 rings (SSSR count). The number of nitrogens with two attached hydrogens (primary N) is 1. The largest absolute Gasteiger partial charge is 0.399 e. The highest BCUT2D eigenvalue weighted by molar-refractivity contribution is 5.40. The quantitative estimate of drug-likeness (QED) is 0.735. The van der Waals surface area contributed by atoms with Gasteiger partial charge in [-0.2, -0.15) is 0 Å². The Morgan fingerprint density at radius 1 is 0.933 bits per heavy atom. The Hall–Kier alpha value is -1.76. The predicted octanol–water partition coefficient (Wildman–Crippen LogP) is 3.17. The fourth-order valence-corrected chi connectivity index (χ4v) is 1.69. The van der Waals surface area contributed by atoms with Gasteiger partial charge in [-0.15, -0.1) is 0 Å². The third kappa shape index (κ3) is 2.59. The van der Waals surface area contributed by atoms with Crippen molar-refractivity contribution < 1.29 is 0 Å². The number of aryl methyl sites for hydroxylation is 1. The van der Waals surface area contributed by atoms with Crippen molar-refractivity contribution in [3.05, 3.63) is 65.2 Å². The number of nitrogen functional groups attached to an aromatic ring is 1. The Kier molecular flexibility index (Phi) is 2.72. The topological polar surface area (TPSA) is 26.0 Å². The lowest BCUT2D eigenvalue weighted by atomic mass is 10.0. The monoisotopic (exact) mass is 197 g/mol. The molecule has 0 saturated carbocycles. The molecule has 0 aromatic heterocycles. The molecule has 0 aliphatic carbocycles. The fourth-order valence-electron chi connectivity index (χ4n) is 1.69. The lowest BCUT2D eigenvalue weighted by molar-refractivity contribution is 1.18. The molecule has 0 unspecified atom stereocenters. The van der Waals surface area contributed by atoms with Crippen molar-refractivity contribution in [1.29, 1.82) is 0 Å². The van der Waals surface area contributed by atoms with Gasteiger partial charge < -0.3 is 5.73 Å². The van der Waals surface area contributed by atoms with Crippen LogP contribution in [-0.2, 0) is 6.42 Å². The van der Waals surface area contributed by atoms with E-state index < -0.39 is 0 Å². The van der Waals surface area contributed by atoms with Gasteiger partial charge in [-0.3, -0.25) is 0 Å². The van der Waals surface area contributed by atoms with Crippen LogP contribution in [-0.4, -0.2) is 0 Å². The van der Waals surface area contributed by atoms with Crippen LogP contribution in [0.1, 0.15) is 16.7 Å². The molecule has 2 aromatic rings. The maximum Gasteiger partial charge on any atom is 0.0314 e. The summed E-state index contributed by atoms with van der Waals surface area (Å²) in [5, 5.41) is 0. The van der Waals surface area contributed by atoms with E-state index in [-0.39, 0.29) is 0 Å². The van der Waals surface area contributed by atoms with E-state index in [9.17, 15) is 0 Å². The summed E-state index contributed by atoms with van der Waals surface area (Å²) in [7, 11) is 0. The van der Waals surface area contributed by atoms with E-state index in [1.54, 1.807) is 0 Å². The zero-order chi connectivity index (χ0) is 10.7. The van der Waals surface area contributed by atoms with Crippen LogP contribution in [0.2, 0.25) is 0 Å². The number of benzene rings is 2. The minimum Gasteiger partial charge on any atom is -0.399 e. The minimum absolute atomic E-state index is 0.822. The molecular weight excluding hydrogens is 182 g/mol. The van der Waals surface area contributed by atoms with E-state index in [4.69, 9.17) is 5.73 Å². The van der Waals surface area contributed by atoms with Gasteiger partial charge in [0.1, 0.15) is 0 Å². The van der Waals surface area contributed by atoms with Crippen LogP contribution in [0.4, 0.5) is 5.69 Å². The Morgan fingerprint density at radius 3 is 2.33 bits per heavy atom. The molecular formula is C14H15N. The Balaban J connectivity index is 2.18. The normalized spacial score (nSPS) is 10.2. The number of hydrogen-bond donors (Lipinski definition) is 1. The molecule has 0 atom stereocenters. The SMILES string of the molecule is Cc1cccc(Cc2ccc(N)cc2)c1. The van der Waals surface area contributed by atoms with E-state index in [0.29, 0.717) is 0 Å². The molecule has 2 N–H and O–H groups in total. The molecule has 0 heterocycles. The standard InChI is InChI=1S/C14H15N/c1-11-3-2-4-13(9-11)10-12-5-7-14(15)8-6-12/h2-9H,10,15H2,1H3. The molecule has 15 heavy (non-hydrogen) atoms. The van der Waals surface area contributed by atoms with E-state index >= 15 is 0 Å². The first kappa shape index (κ1) is 9.78. The van der Waals surface area contributed by atoms with Gasteiger partial charge in [-0.05, 0) is 36.6 Å². The average molecular weight is 197 g/mol. The summed E-state index contributed by atoms with van der Waals surface area (Å²) in [6.45, 7) is 2.12. The lowest BCUT2D eigenvalue weighted by Crippen LogP contribution is -1.90. The third-order valence-corrected chi connectivity index (χ3v) is 2.47. The van der Waals surface area contributed by atoms with Gasteiger partial charge >= 0.3 is 0 Å². The molecule has 0 radical (unpaired) electrons. The van der Waals surface area contributed by atoms with Gasteiger partial charge in [-0.25, -0.2) is 0 Å². The molecule has 0 aliphatic rings. The summed E-state index contributed by atoms with van der Waals surface area (Å²) >= 11 is 0. The first-order chi connectivity index (χ1) is 7.24. The first-order valence-corrected chi connectivity index (χ1v) is 5.14. The van der Waals surface area contributed by atoms with Crippen molar-refractivity contribution in [2.75, 3.05) is 5.73 Å². The van der Waals surface area contributed by atoms with E-state index in [2.05, 4.69) is 43.3 Å². The second kappa shape index (κ2) is 4.18. The fraction of sp³-hybridized carbons (Fsp3) is 0.143. The summed E-state index contributed by atoms with van der Waals surface area (Å²) in [5.41, 5.74) is 10.4. The van der Waals surface area contributed by atoms with Crippen LogP contribution in [0.25, 0.3) is 0 Å². The van der Waals surface area contributed by atoms with Crippen molar-refractivity contribution in [2.45, 2.75) is 13.3 Å². The van der Waals surface area contributed by atoms with Gasteiger partial charge in [0.25, 0.3) is 0 Å². The number of rotatable bonds is 2. The number of hydrogen-bond acceptors (Lipinski definition) is 1. The summed E-state index contributed by atoms with van der Waals surface area (Å²) in [4.78, 5) is 0. The van der Waals surface area contributed by atoms with Crippen LogP contribution in [0, 0.1) is 6.92 Å². The molecule has 2 aromatic carbocycles. The maximum absolute atomic E-state index is 5.64. The minimum atomic E-state index is 0.822. The van der Waals surface area contributed by atoms with Gasteiger partial charge in [0.15, 0.2) is 0 Å². The zero-order valence-corrected chi connectivity index (χ0v) is 8.90. The molecule has 0 amide bonds. The summed E-state index contributed by atoms with van der Waals surface area (Å²) < 4.78 is 0. The highest BCUT2D eigenvalue weighted by Gasteiger charge is 1.96. The van der Waals surface area contributed by atoms with E-state index in [1.807, 2.05) is 12.1 Å². The Labute approximate surface area is 90.6 Å². The van der Waals surface area contributed by atoms with Crippen LogP contribution in [0.5, 0.6) is 0 Å². The van der Waals surface area contributed by atoms with Crippen LogP contribution in [0.15, 0.2) is 48.5 Å². The summed E-state index contributed by atoms with van der Waals surface area (Å²) in [6, 6.07) is 16.7. The van der Waals surface area contributed by atoms with Crippen molar-refractivity contribution in [2.24, 2.45) is 0 Å². The number of anilines is 1. The predicted molar refractivity (Wildman–Crippen MR) is 64.8 cm³/mol. The first-order valence-electron chi connectivity index (χ1n) is 5.14.